The molecule has 0 aromatic rings. The summed E-state index contributed by atoms with van der Waals surface area (Å²) in [7, 11) is 0. The molecule has 0 radical (unpaired) electrons. The Kier molecular flexibility index (Phi) is 3.49. The highest BCUT2D eigenvalue weighted by atomic mass is 16.5. The zero-order valence-electron chi connectivity index (χ0n) is 9.50. The molecule has 4 heteroatoms. The number of carbonyl (C=O) groups excluding carboxylic acids is 1. The van der Waals surface area contributed by atoms with Gasteiger partial charge in [-0.1, -0.05) is 12.8 Å². The molecule has 2 rings (SSSR count). The lowest BCUT2D eigenvalue weighted by molar-refractivity contribution is -0.122. The van der Waals surface area contributed by atoms with Gasteiger partial charge in [0.05, 0.1) is 12.2 Å². The number of aliphatic hydroxyl groups is 1. The second-order valence-corrected chi connectivity index (χ2v) is 4.67. The fraction of sp³-hybridized carbons (Fsp3) is 0.750. The summed E-state index contributed by atoms with van der Waals surface area (Å²) < 4.78 is 5.26. The Hall–Kier alpha value is -1.03. The minimum atomic E-state index is -0.690. The Bertz CT molecular complexity index is 293. The molecular formula is C12H19NO3. The van der Waals surface area contributed by atoms with Gasteiger partial charge in [-0.2, -0.15) is 0 Å². The van der Waals surface area contributed by atoms with Gasteiger partial charge in [-0.25, -0.2) is 0 Å². The van der Waals surface area contributed by atoms with Crippen molar-refractivity contribution < 1.29 is 14.6 Å². The summed E-state index contributed by atoms with van der Waals surface area (Å²) in [6.45, 7) is 0.954. The summed E-state index contributed by atoms with van der Waals surface area (Å²) in [6.07, 6.45) is 7.35. The van der Waals surface area contributed by atoms with Crippen molar-refractivity contribution >= 4 is 5.91 Å². The smallest absolute Gasteiger partial charge is 0.286 e. The highest BCUT2D eigenvalue weighted by Crippen LogP contribution is 2.28. The Morgan fingerprint density at radius 3 is 2.81 bits per heavy atom. The van der Waals surface area contributed by atoms with E-state index in [0.717, 1.165) is 38.5 Å². The molecule has 0 aromatic heterocycles. The van der Waals surface area contributed by atoms with Crippen LogP contribution in [0.25, 0.3) is 0 Å². The van der Waals surface area contributed by atoms with Crippen LogP contribution in [0.5, 0.6) is 0 Å². The van der Waals surface area contributed by atoms with Crippen molar-refractivity contribution in [1.82, 2.24) is 5.32 Å². The molecule has 0 saturated heterocycles. The molecular weight excluding hydrogens is 206 g/mol. The van der Waals surface area contributed by atoms with Crippen LogP contribution in [0.2, 0.25) is 0 Å². The molecule has 0 unspecified atom stereocenters. The van der Waals surface area contributed by atoms with Crippen molar-refractivity contribution in [2.45, 2.75) is 44.1 Å². The summed E-state index contributed by atoms with van der Waals surface area (Å²) in [5.41, 5.74) is -0.690. The van der Waals surface area contributed by atoms with Crippen molar-refractivity contribution in [3.63, 3.8) is 0 Å². The van der Waals surface area contributed by atoms with E-state index in [0.29, 0.717) is 18.9 Å². The average molecular weight is 225 g/mol. The number of carbonyl (C=O) groups is 1. The zero-order valence-corrected chi connectivity index (χ0v) is 9.50. The first-order valence-electron chi connectivity index (χ1n) is 6.03. The summed E-state index contributed by atoms with van der Waals surface area (Å²) in [4.78, 5) is 11.7. The molecule has 1 fully saturated rings. The normalized spacial score (nSPS) is 23.4. The van der Waals surface area contributed by atoms with Gasteiger partial charge in [0.15, 0.2) is 5.76 Å². The summed E-state index contributed by atoms with van der Waals surface area (Å²) in [6, 6.07) is 0. The van der Waals surface area contributed by atoms with E-state index in [9.17, 15) is 9.90 Å². The van der Waals surface area contributed by atoms with Gasteiger partial charge in [-0.3, -0.25) is 4.79 Å². The third-order valence-corrected chi connectivity index (χ3v) is 3.27. The van der Waals surface area contributed by atoms with Gasteiger partial charge in [0.1, 0.15) is 0 Å². The molecule has 1 heterocycles. The van der Waals surface area contributed by atoms with E-state index in [1.54, 1.807) is 0 Å². The lowest BCUT2D eigenvalue weighted by atomic mass is 10.0. The molecule has 2 N–H and O–H groups in total. The van der Waals surface area contributed by atoms with Crippen LogP contribution in [0.3, 0.4) is 0 Å². The first kappa shape index (κ1) is 11.5. The van der Waals surface area contributed by atoms with E-state index in [1.807, 2.05) is 6.08 Å². The van der Waals surface area contributed by atoms with Crippen LogP contribution in [0, 0.1) is 0 Å². The van der Waals surface area contributed by atoms with Crippen LogP contribution in [-0.2, 0) is 9.53 Å². The Balaban J connectivity index is 1.81. The largest absolute Gasteiger partial charge is 0.488 e. The van der Waals surface area contributed by atoms with Crippen molar-refractivity contribution in [1.29, 1.82) is 0 Å². The summed E-state index contributed by atoms with van der Waals surface area (Å²) in [5, 5.41) is 12.8. The predicted molar refractivity (Wildman–Crippen MR) is 59.7 cm³/mol. The number of amides is 1. The van der Waals surface area contributed by atoms with E-state index >= 15 is 0 Å². The third kappa shape index (κ3) is 2.76. The standard InChI is InChI=1S/C12H19NO3/c14-11(10-5-1-4-8-16-10)13-9-12(15)6-2-3-7-12/h5,15H,1-4,6-9H2,(H,13,14). The molecule has 16 heavy (non-hydrogen) atoms. The summed E-state index contributed by atoms with van der Waals surface area (Å²) in [5.74, 6) is 0.216. The maximum Gasteiger partial charge on any atom is 0.286 e. The van der Waals surface area contributed by atoms with E-state index in [2.05, 4.69) is 5.32 Å². The monoisotopic (exact) mass is 225 g/mol. The van der Waals surface area contributed by atoms with Gasteiger partial charge in [0.2, 0.25) is 0 Å². The van der Waals surface area contributed by atoms with Crippen LogP contribution < -0.4 is 5.32 Å². The minimum absolute atomic E-state index is 0.194. The molecule has 0 aromatic carbocycles. The SMILES string of the molecule is O=C(NCC1(O)CCCC1)C1=CCCCO1. The number of rotatable bonds is 3. The maximum absolute atomic E-state index is 11.7. The Morgan fingerprint density at radius 1 is 1.44 bits per heavy atom. The molecule has 90 valence electrons. The van der Waals surface area contributed by atoms with Gasteiger partial charge in [-0.05, 0) is 31.8 Å². The number of ether oxygens (including phenoxy) is 1. The lowest BCUT2D eigenvalue weighted by Crippen LogP contribution is -2.41. The molecule has 1 saturated carbocycles. The molecule has 1 amide bonds. The molecule has 0 spiro atoms. The van der Waals surface area contributed by atoms with Crippen molar-refractivity contribution in [3.05, 3.63) is 11.8 Å². The topological polar surface area (TPSA) is 58.6 Å². The van der Waals surface area contributed by atoms with E-state index < -0.39 is 5.60 Å². The van der Waals surface area contributed by atoms with E-state index in [-0.39, 0.29) is 5.91 Å². The van der Waals surface area contributed by atoms with E-state index in [1.165, 1.54) is 0 Å². The Morgan fingerprint density at radius 2 is 2.19 bits per heavy atom. The number of hydrogen-bond acceptors (Lipinski definition) is 3. The fourth-order valence-electron chi connectivity index (χ4n) is 2.26. The predicted octanol–water partition coefficient (Wildman–Crippen LogP) is 1.10. The molecule has 1 aliphatic carbocycles. The fourth-order valence-corrected chi connectivity index (χ4v) is 2.26. The molecule has 4 nitrogen and oxygen atoms in total. The first-order valence-corrected chi connectivity index (χ1v) is 6.03. The second-order valence-electron chi connectivity index (χ2n) is 4.67. The van der Waals surface area contributed by atoms with Crippen molar-refractivity contribution in [2.75, 3.05) is 13.2 Å². The molecule has 0 atom stereocenters. The summed E-state index contributed by atoms with van der Waals surface area (Å²) >= 11 is 0. The van der Waals surface area contributed by atoms with Crippen LogP contribution in [-0.4, -0.2) is 29.8 Å². The van der Waals surface area contributed by atoms with Crippen molar-refractivity contribution in [3.8, 4) is 0 Å². The quantitative estimate of drug-likeness (QED) is 0.756. The first-order chi connectivity index (χ1) is 7.70. The van der Waals surface area contributed by atoms with Crippen LogP contribution in [0.1, 0.15) is 38.5 Å². The molecule has 1 aliphatic heterocycles. The highest BCUT2D eigenvalue weighted by Gasteiger charge is 2.31. The maximum atomic E-state index is 11.7. The molecule has 2 aliphatic rings. The number of hydrogen-bond donors (Lipinski definition) is 2. The van der Waals surface area contributed by atoms with Gasteiger partial charge in [0.25, 0.3) is 5.91 Å². The van der Waals surface area contributed by atoms with Crippen LogP contribution >= 0.6 is 0 Å². The van der Waals surface area contributed by atoms with Crippen molar-refractivity contribution in [2.24, 2.45) is 0 Å². The lowest BCUT2D eigenvalue weighted by Gasteiger charge is -2.23. The van der Waals surface area contributed by atoms with Crippen LogP contribution in [0.4, 0.5) is 0 Å². The van der Waals surface area contributed by atoms with Gasteiger partial charge in [0, 0.05) is 6.54 Å². The van der Waals surface area contributed by atoms with Gasteiger partial charge in [-0.15, -0.1) is 0 Å². The van der Waals surface area contributed by atoms with E-state index in [4.69, 9.17) is 4.74 Å². The zero-order chi connectivity index (χ0) is 11.4. The average Bonchev–Trinajstić information content (AvgIpc) is 2.75. The third-order valence-electron chi connectivity index (χ3n) is 3.27. The number of nitrogens with one attached hydrogen (secondary N) is 1. The minimum Gasteiger partial charge on any atom is -0.488 e. The molecule has 0 bridgehead atoms. The van der Waals surface area contributed by atoms with Gasteiger partial charge < -0.3 is 15.2 Å². The Labute approximate surface area is 95.7 Å². The number of allylic oxidation sites excluding steroid dienone is 1. The highest BCUT2D eigenvalue weighted by molar-refractivity contribution is 5.91. The second kappa shape index (κ2) is 4.87. The van der Waals surface area contributed by atoms with Gasteiger partial charge >= 0.3 is 0 Å². The van der Waals surface area contributed by atoms with Crippen LogP contribution in [0.15, 0.2) is 11.8 Å².